The number of alkyl halides is 3. The molecule has 24 heavy (non-hydrogen) atoms. The smallest absolute Gasteiger partial charge is 0.217 e. The number of rotatable bonds is 3. The van der Waals surface area contributed by atoms with E-state index in [1.54, 1.807) is 0 Å². The van der Waals surface area contributed by atoms with Crippen molar-refractivity contribution in [3.63, 3.8) is 0 Å². The van der Waals surface area contributed by atoms with Crippen LogP contribution in [-0.2, 0) is 3.79 Å². The molecular weight excluding hydrogens is 365 g/mol. The van der Waals surface area contributed by atoms with Crippen molar-refractivity contribution in [2.24, 2.45) is 0 Å². The first-order valence-corrected chi connectivity index (χ1v) is 8.26. The van der Waals surface area contributed by atoms with E-state index in [0.29, 0.717) is 5.82 Å². The highest BCUT2D eigenvalue weighted by molar-refractivity contribution is 6.66. The SMILES string of the molecule is ClC(Cl)(Cl)c1ncnc(-c2ccccc2C=Cc2ccccc2)n1. The molecule has 0 N–H and O–H groups in total. The third-order valence-corrected chi connectivity index (χ3v) is 3.79. The van der Waals surface area contributed by atoms with Crippen molar-refractivity contribution in [2.75, 3.05) is 0 Å². The van der Waals surface area contributed by atoms with Crippen molar-refractivity contribution >= 4 is 47.0 Å². The Morgan fingerprint density at radius 2 is 1.50 bits per heavy atom. The van der Waals surface area contributed by atoms with E-state index >= 15 is 0 Å². The number of nitrogens with zero attached hydrogens (tertiary/aromatic N) is 3. The maximum Gasteiger partial charge on any atom is 0.250 e. The Hall–Kier alpha value is -1.94. The molecule has 0 aliphatic carbocycles. The van der Waals surface area contributed by atoms with Crippen LogP contribution in [-0.4, -0.2) is 15.0 Å². The number of hydrogen-bond donors (Lipinski definition) is 0. The first-order valence-electron chi connectivity index (χ1n) is 7.13. The summed E-state index contributed by atoms with van der Waals surface area (Å²) in [4.78, 5) is 12.4. The second-order valence-corrected chi connectivity index (χ2v) is 7.24. The Balaban J connectivity index is 2.00. The van der Waals surface area contributed by atoms with Crippen LogP contribution in [0.15, 0.2) is 60.9 Å². The van der Waals surface area contributed by atoms with Gasteiger partial charge in [0.25, 0.3) is 0 Å². The minimum absolute atomic E-state index is 0.0966. The van der Waals surface area contributed by atoms with Crippen LogP contribution in [0, 0.1) is 0 Å². The van der Waals surface area contributed by atoms with E-state index in [2.05, 4.69) is 15.0 Å². The molecule has 0 unspecified atom stereocenters. The molecule has 0 aliphatic heterocycles. The quantitative estimate of drug-likeness (QED) is 0.445. The Morgan fingerprint density at radius 3 is 2.25 bits per heavy atom. The summed E-state index contributed by atoms with van der Waals surface area (Å²) in [7, 11) is 0. The van der Waals surface area contributed by atoms with Crippen molar-refractivity contribution in [1.82, 2.24) is 15.0 Å². The first kappa shape index (κ1) is 16.9. The lowest BCUT2D eigenvalue weighted by Crippen LogP contribution is -2.08. The van der Waals surface area contributed by atoms with E-state index < -0.39 is 3.79 Å². The van der Waals surface area contributed by atoms with E-state index in [0.717, 1.165) is 16.7 Å². The number of halogens is 3. The Bertz CT molecular complexity index is 859. The summed E-state index contributed by atoms with van der Waals surface area (Å²) in [5.41, 5.74) is 2.90. The Kier molecular flexibility index (Phi) is 5.14. The number of benzene rings is 2. The maximum absolute atomic E-state index is 5.86. The predicted octanol–water partition coefficient (Wildman–Crippen LogP) is 5.54. The Morgan fingerprint density at radius 1 is 0.792 bits per heavy atom. The molecule has 3 aromatic rings. The normalized spacial score (nSPS) is 11.8. The van der Waals surface area contributed by atoms with Crippen LogP contribution in [0.5, 0.6) is 0 Å². The van der Waals surface area contributed by atoms with Crippen molar-refractivity contribution in [3.8, 4) is 11.4 Å². The third kappa shape index (κ3) is 4.12. The summed E-state index contributed by atoms with van der Waals surface area (Å²) in [6.07, 6.45) is 5.37. The van der Waals surface area contributed by atoms with E-state index in [1.165, 1.54) is 6.33 Å². The highest BCUT2D eigenvalue weighted by Gasteiger charge is 2.27. The lowest BCUT2D eigenvalue weighted by Gasteiger charge is -2.10. The summed E-state index contributed by atoms with van der Waals surface area (Å²) < 4.78 is -1.69. The monoisotopic (exact) mass is 375 g/mol. The maximum atomic E-state index is 5.86. The van der Waals surface area contributed by atoms with E-state index in [4.69, 9.17) is 34.8 Å². The molecule has 0 radical (unpaired) electrons. The fourth-order valence-corrected chi connectivity index (χ4v) is 2.43. The molecule has 3 nitrogen and oxygen atoms in total. The van der Waals surface area contributed by atoms with Gasteiger partial charge in [0, 0.05) is 5.56 Å². The van der Waals surface area contributed by atoms with Gasteiger partial charge in [-0.15, -0.1) is 0 Å². The van der Waals surface area contributed by atoms with Crippen LogP contribution >= 0.6 is 34.8 Å². The molecule has 0 bridgehead atoms. The highest BCUT2D eigenvalue weighted by Crippen LogP contribution is 2.36. The fourth-order valence-electron chi connectivity index (χ4n) is 2.16. The second-order valence-electron chi connectivity index (χ2n) is 4.96. The van der Waals surface area contributed by atoms with Crippen LogP contribution in [0.2, 0.25) is 0 Å². The van der Waals surface area contributed by atoms with Crippen molar-refractivity contribution in [1.29, 1.82) is 0 Å². The molecule has 120 valence electrons. The van der Waals surface area contributed by atoms with Gasteiger partial charge >= 0.3 is 0 Å². The summed E-state index contributed by atoms with van der Waals surface area (Å²) in [5.74, 6) is 0.555. The van der Waals surface area contributed by atoms with Gasteiger partial charge < -0.3 is 0 Å². The minimum atomic E-state index is -1.69. The first-order chi connectivity index (χ1) is 11.5. The van der Waals surface area contributed by atoms with Gasteiger partial charge in [-0.05, 0) is 11.1 Å². The van der Waals surface area contributed by atoms with Gasteiger partial charge in [-0.1, -0.05) is 102 Å². The van der Waals surface area contributed by atoms with Gasteiger partial charge in [0.1, 0.15) is 6.33 Å². The van der Waals surface area contributed by atoms with Crippen molar-refractivity contribution in [3.05, 3.63) is 77.9 Å². The molecule has 3 rings (SSSR count). The fraction of sp³-hybridized carbons (Fsp3) is 0.0556. The average Bonchev–Trinajstić information content (AvgIpc) is 2.60. The second kappa shape index (κ2) is 7.31. The van der Waals surface area contributed by atoms with Gasteiger partial charge in [0.15, 0.2) is 11.6 Å². The standard InChI is InChI=1S/C18H12Cl3N3/c19-18(20,21)17-23-12-22-16(24-17)15-9-5-4-8-14(15)11-10-13-6-2-1-3-7-13/h1-12H. The van der Waals surface area contributed by atoms with E-state index in [1.807, 2.05) is 66.7 Å². The molecule has 0 saturated heterocycles. The van der Waals surface area contributed by atoms with Crippen LogP contribution in [0.1, 0.15) is 17.0 Å². The van der Waals surface area contributed by atoms with Gasteiger partial charge in [-0.3, -0.25) is 0 Å². The van der Waals surface area contributed by atoms with Crippen molar-refractivity contribution < 1.29 is 0 Å². The number of hydrogen-bond acceptors (Lipinski definition) is 3. The highest BCUT2D eigenvalue weighted by atomic mass is 35.6. The van der Waals surface area contributed by atoms with Crippen molar-refractivity contribution in [2.45, 2.75) is 3.79 Å². The molecule has 0 amide bonds. The molecule has 1 aromatic heterocycles. The molecule has 0 spiro atoms. The van der Waals surface area contributed by atoms with Gasteiger partial charge in [-0.25, -0.2) is 15.0 Å². The molecule has 0 aliphatic rings. The summed E-state index contributed by atoms with van der Waals surface area (Å²) >= 11 is 17.6. The number of aromatic nitrogens is 3. The van der Waals surface area contributed by atoms with E-state index in [9.17, 15) is 0 Å². The van der Waals surface area contributed by atoms with E-state index in [-0.39, 0.29) is 5.82 Å². The molecule has 6 heteroatoms. The third-order valence-electron chi connectivity index (χ3n) is 3.28. The molecule has 0 fully saturated rings. The van der Waals surface area contributed by atoms with Gasteiger partial charge in [0.05, 0.1) is 0 Å². The van der Waals surface area contributed by atoms with Crippen LogP contribution in [0.25, 0.3) is 23.5 Å². The van der Waals surface area contributed by atoms with Crippen LogP contribution in [0.3, 0.4) is 0 Å². The van der Waals surface area contributed by atoms with Gasteiger partial charge in [0.2, 0.25) is 3.79 Å². The summed E-state index contributed by atoms with van der Waals surface area (Å²) in [6, 6.07) is 17.8. The topological polar surface area (TPSA) is 38.7 Å². The molecule has 1 heterocycles. The van der Waals surface area contributed by atoms with Gasteiger partial charge in [-0.2, -0.15) is 0 Å². The lowest BCUT2D eigenvalue weighted by atomic mass is 10.1. The largest absolute Gasteiger partial charge is 0.250 e. The zero-order valence-electron chi connectivity index (χ0n) is 12.4. The zero-order chi connectivity index (χ0) is 17.0. The molecule has 2 aromatic carbocycles. The molecule has 0 saturated carbocycles. The zero-order valence-corrected chi connectivity index (χ0v) is 14.7. The molecular formula is C18H12Cl3N3. The summed E-state index contributed by atoms with van der Waals surface area (Å²) in [6.45, 7) is 0. The van der Waals surface area contributed by atoms with Crippen LogP contribution < -0.4 is 0 Å². The lowest BCUT2D eigenvalue weighted by molar-refractivity contribution is 0.924. The average molecular weight is 377 g/mol. The Labute approximate surface area is 155 Å². The minimum Gasteiger partial charge on any atom is -0.217 e. The molecule has 0 atom stereocenters. The predicted molar refractivity (Wildman–Crippen MR) is 99.9 cm³/mol. The summed E-state index contributed by atoms with van der Waals surface area (Å²) in [5, 5.41) is 0. The van der Waals surface area contributed by atoms with Crippen LogP contribution in [0.4, 0.5) is 0 Å².